The van der Waals surface area contributed by atoms with Crippen LogP contribution in [0.2, 0.25) is 4.34 Å². The minimum Gasteiger partial charge on any atom is -0.300 e. The van der Waals surface area contributed by atoms with Crippen molar-refractivity contribution in [2.24, 2.45) is 0 Å². The van der Waals surface area contributed by atoms with Crippen molar-refractivity contribution in [3.8, 4) is 0 Å². The van der Waals surface area contributed by atoms with Crippen molar-refractivity contribution in [2.75, 3.05) is 0 Å². The van der Waals surface area contributed by atoms with Gasteiger partial charge in [0.05, 0.1) is 4.34 Å². The Labute approximate surface area is 117 Å². The second kappa shape index (κ2) is 4.95. The number of rotatable bonds is 2. The first kappa shape index (κ1) is 12.6. The molecule has 2 nitrogen and oxygen atoms in total. The number of ketones is 1. The Morgan fingerprint density at radius 3 is 2.56 bits per heavy atom. The van der Waals surface area contributed by atoms with Crippen LogP contribution in [0.4, 0.5) is 0 Å². The fourth-order valence-corrected chi connectivity index (χ4v) is 4.66. The second-order valence-corrected chi connectivity index (χ2v) is 7.20. The monoisotopic (exact) mass is 283 g/mol. The molecular weight excluding hydrogens is 266 g/mol. The molecule has 4 heteroatoms. The summed E-state index contributed by atoms with van der Waals surface area (Å²) in [6, 6.07) is 5.42. The number of halogens is 1. The molecule has 1 aromatic heterocycles. The van der Waals surface area contributed by atoms with E-state index in [1.54, 1.807) is 11.3 Å². The lowest BCUT2D eigenvalue weighted by atomic mass is 9.82. The Morgan fingerprint density at radius 2 is 2.00 bits per heavy atom. The lowest BCUT2D eigenvalue weighted by Crippen LogP contribution is -2.52. The fourth-order valence-electron chi connectivity index (χ4n) is 3.54. The molecule has 0 saturated carbocycles. The number of thiophene rings is 1. The van der Waals surface area contributed by atoms with E-state index in [1.165, 1.54) is 24.1 Å². The van der Waals surface area contributed by atoms with Crippen molar-refractivity contribution in [2.45, 2.75) is 57.2 Å². The Morgan fingerprint density at radius 1 is 1.33 bits per heavy atom. The van der Waals surface area contributed by atoms with Gasteiger partial charge in [0.15, 0.2) is 0 Å². The van der Waals surface area contributed by atoms with Gasteiger partial charge in [-0.15, -0.1) is 11.3 Å². The Balaban J connectivity index is 1.84. The van der Waals surface area contributed by atoms with Crippen LogP contribution in [0.25, 0.3) is 0 Å². The summed E-state index contributed by atoms with van der Waals surface area (Å²) in [4.78, 5) is 15.6. The number of hydrogen-bond donors (Lipinski definition) is 0. The molecular formula is C14H18ClNOS. The second-order valence-electron chi connectivity index (χ2n) is 5.45. The molecule has 3 unspecified atom stereocenters. The molecule has 2 fully saturated rings. The van der Waals surface area contributed by atoms with E-state index in [0.29, 0.717) is 23.9 Å². The highest BCUT2D eigenvalue weighted by molar-refractivity contribution is 7.16. The smallest absolute Gasteiger partial charge is 0.136 e. The first-order valence-electron chi connectivity index (χ1n) is 6.69. The maximum absolute atomic E-state index is 11.7. The van der Waals surface area contributed by atoms with Gasteiger partial charge in [-0.05, 0) is 31.9 Å². The molecule has 98 valence electrons. The summed E-state index contributed by atoms with van der Waals surface area (Å²) in [7, 11) is 0. The van der Waals surface area contributed by atoms with Crippen LogP contribution in [0.1, 0.15) is 49.9 Å². The van der Waals surface area contributed by atoms with Crippen LogP contribution in [-0.4, -0.2) is 22.8 Å². The lowest BCUT2D eigenvalue weighted by molar-refractivity contribution is -0.128. The van der Waals surface area contributed by atoms with E-state index in [0.717, 1.165) is 17.2 Å². The molecule has 0 amide bonds. The van der Waals surface area contributed by atoms with Crippen LogP contribution in [0.3, 0.4) is 0 Å². The fraction of sp³-hybridized carbons (Fsp3) is 0.643. The quantitative estimate of drug-likeness (QED) is 0.816. The van der Waals surface area contributed by atoms with E-state index in [-0.39, 0.29) is 0 Å². The SMILES string of the molecule is CC(c1ccc(Cl)s1)N1C2CCCC1CC(=O)C2. The van der Waals surface area contributed by atoms with Crippen molar-refractivity contribution < 1.29 is 4.79 Å². The topological polar surface area (TPSA) is 20.3 Å². The number of Topliss-reactive ketones (excluding diaryl/α,β-unsaturated/α-hetero) is 1. The van der Waals surface area contributed by atoms with Crippen molar-refractivity contribution in [1.29, 1.82) is 0 Å². The third-order valence-electron chi connectivity index (χ3n) is 4.30. The summed E-state index contributed by atoms with van der Waals surface area (Å²) in [6.07, 6.45) is 5.12. The van der Waals surface area contributed by atoms with Crippen LogP contribution < -0.4 is 0 Å². The van der Waals surface area contributed by atoms with Gasteiger partial charge in [0.25, 0.3) is 0 Å². The average molecular weight is 284 g/mol. The summed E-state index contributed by atoms with van der Waals surface area (Å²) in [5.41, 5.74) is 0. The molecule has 2 saturated heterocycles. The third-order valence-corrected chi connectivity index (χ3v) is 5.70. The number of carbonyl (C=O) groups excluding carboxylic acids is 1. The van der Waals surface area contributed by atoms with Gasteiger partial charge >= 0.3 is 0 Å². The summed E-state index contributed by atoms with van der Waals surface area (Å²) < 4.78 is 0.857. The lowest BCUT2D eigenvalue weighted by Gasteiger charge is -2.48. The van der Waals surface area contributed by atoms with Gasteiger partial charge in [-0.25, -0.2) is 0 Å². The maximum Gasteiger partial charge on any atom is 0.136 e. The highest BCUT2D eigenvalue weighted by atomic mass is 35.5. The molecule has 0 aliphatic carbocycles. The van der Waals surface area contributed by atoms with Gasteiger partial charge in [-0.2, -0.15) is 0 Å². The number of piperidine rings is 2. The number of hydrogen-bond acceptors (Lipinski definition) is 3. The first-order valence-corrected chi connectivity index (χ1v) is 7.89. The van der Waals surface area contributed by atoms with E-state index in [4.69, 9.17) is 11.6 Å². The molecule has 18 heavy (non-hydrogen) atoms. The van der Waals surface area contributed by atoms with Crippen LogP contribution in [0.5, 0.6) is 0 Å². The zero-order valence-corrected chi connectivity index (χ0v) is 12.1. The zero-order chi connectivity index (χ0) is 12.7. The molecule has 2 bridgehead atoms. The molecule has 3 atom stereocenters. The molecule has 3 heterocycles. The summed E-state index contributed by atoms with van der Waals surface area (Å²) in [6.45, 7) is 2.25. The summed E-state index contributed by atoms with van der Waals surface area (Å²) >= 11 is 7.70. The predicted molar refractivity (Wildman–Crippen MR) is 75.3 cm³/mol. The van der Waals surface area contributed by atoms with Crippen LogP contribution in [0.15, 0.2) is 12.1 Å². The largest absolute Gasteiger partial charge is 0.300 e. The molecule has 0 aromatic carbocycles. The third kappa shape index (κ3) is 2.24. The van der Waals surface area contributed by atoms with Crippen molar-refractivity contribution in [3.63, 3.8) is 0 Å². The molecule has 0 spiro atoms. The minimum absolute atomic E-state index is 0.394. The maximum atomic E-state index is 11.7. The standard InChI is InChI=1S/C14H18ClNOS/c1-9(13-5-6-14(15)18-13)16-10-3-2-4-11(16)8-12(17)7-10/h5-6,9-11H,2-4,7-8H2,1H3. The van der Waals surface area contributed by atoms with Crippen LogP contribution >= 0.6 is 22.9 Å². The van der Waals surface area contributed by atoms with E-state index >= 15 is 0 Å². The number of nitrogens with zero attached hydrogens (tertiary/aromatic N) is 1. The molecule has 0 radical (unpaired) electrons. The minimum atomic E-state index is 0.394. The van der Waals surface area contributed by atoms with Gasteiger partial charge in [0.1, 0.15) is 5.78 Å². The van der Waals surface area contributed by atoms with E-state index < -0.39 is 0 Å². The predicted octanol–water partition coefficient (Wildman–Crippen LogP) is 4.05. The number of fused-ring (bicyclic) bond motifs is 2. The molecule has 3 rings (SSSR count). The van der Waals surface area contributed by atoms with Crippen molar-refractivity contribution in [3.05, 3.63) is 21.3 Å². The number of carbonyl (C=O) groups is 1. The molecule has 2 aliphatic rings. The van der Waals surface area contributed by atoms with E-state index in [1.807, 2.05) is 6.07 Å². The highest BCUT2D eigenvalue weighted by Gasteiger charge is 2.40. The Bertz CT molecular complexity index is 442. The molecule has 2 aliphatic heterocycles. The van der Waals surface area contributed by atoms with Gasteiger partial charge in [0, 0.05) is 35.8 Å². The van der Waals surface area contributed by atoms with Crippen LogP contribution in [-0.2, 0) is 4.79 Å². The van der Waals surface area contributed by atoms with E-state index in [2.05, 4.69) is 17.9 Å². The van der Waals surface area contributed by atoms with Gasteiger partial charge in [-0.3, -0.25) is 9.69 Å². The van der Waals surface area contributed by atoms with E-state index in [9.17, 15) is 4.79 Å². The van der Waals surface area contributed by atoms with Crippen LogP contribution in [0, 0.1) is 0 Å². The van der Waals surface area contributed by atoms with Gasteiger partial charge in [-0.1, -0.05) is 18.0 Å². The highest BCUT2D eigenvalue weighted by Crippen LogP contribution is 2.40. The molecule has 1 aromatic rings. The summed E-state index contributed by atoms with van der Waals surface area (Å²) in [5.74, 6) is 0.456. The molecule has 0 N–H and O–H groups in total. The van der Waals surface area contributed by atoms with Crippen molar-refractivity contribution in [1.82, 2.24) is 4.90 Å². The zero-order valence-electron chi connectivity index (χ0n) is 10.6. The average Bonchev–Trinajstić information content (AvgIpc) is 2.74. The van der Waals surface area contributed by atoms with Gasteiger partial charge in [0.2, 0.25) is 0 Å². The van der Waals surface area contributed by atoms with Crippen molar-refractivity contribution >= 4 is 28.7 Å². The van der Waals surface area contributed by atoms with Gasteiger partial charge < -0.3 is 0 Å². The summed E-state index contributed by atoms with van der Waals surface area (Å²) in [5, 5.41) is 0. The Hall–Kier alpha value is -0.380. The normalized spacial score (nSPS) is 30.4. The first-order chi connectivity index (χ1) is 8.65. The Kier molecular flexibility index (Phi) is 3.48.